The van der Waals surface area contributed by atoms with Gasteiger partial charge in [-0.2, -0.15) is 0 Å². The van der Waals surface area contributed by atoms with Crippen LogP contribution in [0, 0.1) is 6.92 Å². The van der Waals surface area contributed by atoms with Gasteiger partial charge in [-0.25, -0.2) is 4.98 Å². The number of rotatable bonds is 4. The van der Waals surface area contributed by atoms with E-state index in [2.05, 4.69) is 41.0 Å². The van der Waals surface area contributed by atoms with Crippen LogP contribution in [0.15, 0.2) is 24.3 Å². The fraction of sp³-hybridized carbons (Fsp3) is 0.524. The minimum atomic E-state index is -0.757. The van der Waals surface area contributed by atoms with Crippen molar-refractivity contribution in [3.8, 4) is 0 Å². The summed E-state index contributed by atoms with van der Waals surface area (Å²) in [6.07, 6.45) is 0. The third kappa shape index (κ3) is 3.97. The number of nitrogens with zero attached hydrogens (tertiary/aromatic N) is 4. The molecule has 28 heavy (non-hydrogen) atoms. The number of aromatic nitrogens is 1. The number of pyridine rings is 1. The Balaban J connectivity index is 1.66. The second kappa shape index (κ2) is 8.03. The van der Waals surface area contributed by atoms with Crippen molar-refractivity contribution in [3.63, 3.8) is 0 Å². The van der Waals surface area contributed by atoms with E-state index in [0.717, 1.165) is 48.5 Å². The molecule has 2 fully saturated rings. The number of benzene rings is 1. The molecule has 0 bridgehead atoms. The second-order valence-electron chi connectivity index (χ2n) is 7.84. The van der Waals surface area contributed by atoms with Gasteiger partial charge in [-0.3, -0.25) is 14.6 Å². The molecule has 3 heterocycles. The molecule has 0 radical (unpaired) electrons. The Hall–Kier alpha value is -2.22. The van der Waals surface area contributed by atoms with Crippen molar-refractivity contribution in [1.29, 1.82) is 0 Å². The van der Waals surface area contributed by atoms with Gasteiger partial charge < -0.3 is 14.7 Å². The van der Waals surface area contributed by atoms with Crippen LogP contribution in [0.4, 0.5) is 5.82 Å². The van der Waals surface area contributed by atoms with Crippen molar-refractivity contribution in [1.82, 2.24) is 14.8 Å². The van der Waals surface area contributed by atoms with Crippen LogP contribution in [0.1, 0.15) is 11.1 Å². The summed E-state index contributed by atoms with van der Waals surface area (Å²) in [7, 11) is 1.88. The molecule has 2 saturated heterocycles. The number of fused-ring (bicyclic) bond motifs is 1. The lowest BCUT2D eigenvalue weighted by molar-refractivity contribution is -0.145. The molecule has 2 aliphatic rings. The lowest BCUT2D eigenvalue weighted by Gasteiger charge is -2.38. The quantitative estimate of drug-likeness (QED) is 0.858. The highest BCUT2D eigenvalue weighted by Crippen LogP contribution is 2.27. The fourth-order valence-electron chi connectivity index (χ4n) is 4.06. The standard InChI is InChI=1S/C21H28N4O3/c1-15-3-4-16-12-17(13-24-6-5-23(2)19(14-24)21(26)27)20(22-18(16)11-15)25-7-9-28-10-8-25/h3-4,11-12,19H,5-10,13-14H2,1-2H3,(H,26,27)/t19-/m1/s1. The summed E-state index contributed by atoms with van der Waals surface area (Å²) < 4.78 is 5.52. The summed E-state index contributed by atoms with van der Waals surface area (Å²) in [6, 6.07) is 8.11. The molecule has 0 amide bonds. The highest BCUT2D eigenvalue weighted by atomic mass is 16.5. The van der Waals surface area contributed by atoms with E-state index >= 15 is 0 Å². The van der Waals surface area contributed by atoms with Gasteiger partial charge in [0.2, 0.25) is 0 Å². The number of morpholine rings is 1. The van der Waals surface area contributed by atoms with E-state index < -0.39 is 12.0 Å². The van der Waals surface area contributed by atoms with Gasteiger partial charge in [-0.05, 0) is 31.7 Å². The van der Waals surface area contributed by atoms with E-state index in [4.69, 9.17) is 9.72 Å². The summed E-state index contributed by atoms with van der Waals surface area (Å²) in [5.41, 5.74) is 3.36. The molecule has 150 valence electrons. The van der Waals surface area contributed by atoms with Crippen LogP contribution >= 0.6 is 0 Å². The van der Waals surface area contributed by atoms with Crippen molar-refractivity contribution < 1.29 is 14.6 Å². The Morgan fingerprint density at radius 1 is 1.21 bits per heavy atom. The van der Waals surface area contributed by atoms with Crippen molar-refractivity contribution in [2.24, 2.45) is 0 Å². The third-order valence-corrected chi connectivity index (χ3v) is 5.75. The molecule has 1 N–H and O–H groups in total. The number of carbonyl (C=O) groups is 1. The van der Waals surface area contributed by atoms with Gasteiger partial charge in [0, 0.05) is 50.2 Å². The molecule has 2 aliphatic heterocycles. The van der Waals surface area contributed by atoms with Crippen LogP contribution < -0.4 is 4.90 Å². The predicted molar refractivity (Wildman–Crippen MR) is 109 cm³/mol. The van der Waals surface area contributed by atoms with Crippen LogP contribution in [0.2, 0.25) is 0 Å². The van der Waals surface area contributed by atoms with E-state index in [-0.39, 0.29) is 0 Å². The van der Waals surface area contributed by atoms with Gasteiger partial charge in [0.1, 0.15) is 11.9 Å². The Bertz CT molecular complexity index is 866. The SMILES string of the molecule is Cc1ccc2cc(CN3CCN(C)[C@@H](C(=O)O)C3)c(N3CCOCC3)nc2c1. The zero-order valence-electron chi connectivity index (χ0n) is 16.6. The number of aryl methyl sites for hydroxylation is 1. The first-order valence-electron chi connectivity index (χ1n) is 9.89. The van der Waals surface area contributed by atoms with E-state index in [9.17, 15) is 9.90 Å². The predicted octanol–water partition coefficient (Wildman–Crippen LogP) is 1.58. The van der Waals surface area contributed by atoms with Gasteiger partial charge in [0.25, 0.3) is 0 Å². The molecular formula is C21H28N4O3. The molecule has 7 heteroatoms. The maximum atomic E-state index is 11.6. The third-order valence-electron chi connectivity index (χ3n) is 5.75. The zero-order valence-corrected chi connectivity index (χ0v) is 16.6. The average Bonchev–Trinajstić information content (AvgIpc) is 2.69. The van der Waals surface area contributed by atoms with Gasteiger partial charge in [0.15, 0.2) is 0 Å². The number of aliphatic carboxylic acids is 1. The van der Waals surface area contributed by atoms with E-state index in [1.54, 1.807) is 0 Å². The van der Waals surface area contributed by atoms with Gasteiger partial charge >= 0.3 is 5.97 Å². The van der Waals surface area contributed by atoms with Crippen molar-refractivity contribution in [2.45, 2.75) is 19.5 Å². The maximum Gasteiger partial charge on any atom is 0.322 e. The van der Waals surface area contributed by atoms with Crippen molar-refractivity contribution in [2.75, 3.05) is 57.9 Å². The number of hydrogen-bond acceptors (Lipinski definition) is 6. The number of piperazine rings is 1. The topological polar surface area (TPSA) is 69.1 Å². The highest BCUT2D eigenvalue weighted by Gasteiger charge is 2.30. The molecule has 1 aromatic heterocycles. The minimum Gasteiger partial charge on any atom is -0.480 e. The van der Waals surface area contributed by atoms with Crippen LogP contribution in [0.25, 0.3) is 10.9 Å². The summed E-state index contributed by atoms with van der Waals surface area (Å²) in [4.78, 5) is 23.0. The van der Waals surface area contributed by atoms with E-state index in [0.29, 0.717) is 26.3 Å². The molecule has 7 nitrogen and oxygen atoms in total. The Morgan fingerprint density at radius 3 is 2.75 bits per heavy atom. The smallest absolute Gasteiger partial charge is 0.322 e. The first-order chi connectivity index (χ1) is 13.5. The van der Waals surface area contributed by atoms with Crippen molar-refractivity contribution in [3.05, 3.63) is 35.4 Å². The number of ether oxygens (including phenoxy) is 1. The van der Waals surface area contributed by atoms with Gasteiger partial charge in [0.05, 0.1) is 18.7 Å². The molecular weight excluding hydrogens is 356 g/mol. The summed E-state index contributed by atoms with van der Waals surface area (Å²) in [6.45, 7) is 8.01. The lowest BCUT2D eigenvalue weighted by atomic mass is 10.1. The first kappa shape index (κ1) is 19.1. The molecule has 0 saturated carbocycles. The summed E-state index contributed by atoms with van der Waals surface area (Å²) in [5.74, 6) is 0.250. The molecule has 1 atom stereocenters. The number of carboxylic acid groups (broad SMARTS) is 1. The van der Waals surface area contributed by atoms with Crippen LogP contribution in [0.5, 0.6) is 0 Å². The molecule has 4 rings (SSSR count). The monoisotopic (exact) mass is 384 g/mol. The first-order valence-corrected chi connectivity index (χ1v) is 9.89. The number of anilines is 1. The molecule has 0 aliphatic carbocycles. The van der Waals surface area contributed by atoms with Gasteiger partial charge in [-0.15, -0.1) is 0 Å². The van der Waals surface area contributed by atoms with Crippen LogP contribution in [-0.4, -0.2) is 84.9 Å². The minimum absolute atomic E-state index is 0.461. The van der Waals surface area contributed by atoms with Gasteiger partial charge in [-0.1, -0.05) is 12.1 Å². The van der Waals surface area contributed by atoms with E-state index in [1.165, 1.54) is 5.56 Å². The normalized spacial score (nSPS) is 21.9. The Morgan fingerprint density at radius 2 is 2.00 bits per heavy atom. The largest absolute Gasteiger partial charge is 0.480 e. The average molecular weight is 384 g/mol. The number of likely N-dealkylation sites (N-methyl/N-ethyl adjacent to an activating group) is 1. The van der Waals surface area contributed by atoms with Crippen LogP contribution in [-0.2, 0) is 16.1 Å². The second-order valence-corrected chi connectivity index (χ2v) is 7.84. The van der Waals surface area contributed by atoms with Crippen molar-refractivity contribution >= 4 is 22.7 Å². The highest BCUT2D eigenvalue weighted by molar-refractivity contribution is 5.82. The maximum absolute atomic E-state index is 11.6. The van der Waals surface area contributed by atoms with Crippen LogP contribution in [0.3, 0.4) is 0 Å². The fourth-order valence-corrected chi connectivity index (χ4v) is 4.06. The lowest BCUT2D eigenvalue weighted by Crippen LogP contribution is -2.54. The Kier molecular flexibility index (Phi) is 5.48. The number of hydrogen-bond donors (Lipinski definition) is 1. The molecule has 2 aromatic rings. The molecule has 1 aromatic carbocycles. The summed E-state index contributed by atoms with van der Waals surface area (Å²) >= 11 is 0. The molecule has 0 unspecified atom stereocenters. The van der Waals surface area contributed by atoms with E-state index in [1.807, 2.05) is 11.9 Å². The zero-order chi connectivity index (χ0) is 19.7. The molecule has 0 spiro atoms. The number of carboxylic acids is 1. The Labute approximate surface area is 165 Å². The summed E-state index contributed by atoms with van der Waals surface area (Å²) in [5, 5.41) is 10.6.